The molecule has 1 saturated heterocycles. The van der Waals surface area contributed by atoms with Gasteiger partial charge in [0, 0.05) is 60.0 Å². The minimum atomic E-state index is -0.874. The molecule has 4 aromatic heterocycles. The van der Waals surface area contributed by atoms with Gasteiger partial charge in [-0.2, -0.15) is 5.10 Å². The fourth-order valence-electron chi connectivity index (χ4n) is 4.33. The molecular weight excluding hydrogens is 464 g/mol. The van der Waals surface area contributed by atoms with Crippen LogP contribution in [-0.2, 0) is 7.05 Å². The summed E-state index contributed by atoms with van der Waals surface area (Å²) >= 11 is 1.54. The van der Waals surface area contributed by atoms with Crippen LogP contribution in [0.5, 0.6) is 0 Å². The molecule has 1 aliphatic heterocycles. The van der Waals surface area contributed by atoms with E-state index in [9.17, 15) is 9.90 Å². The Kier molecular flexibility index (Phi) is 5.25. The molecule has 0 spiro atoms. The van der Waals surface area contributed by atoms with Gasteiger partial charge in [0.05, 0.1) is 23.6 Å². The highest BCUT2D eigenvalue weighted by Gasteiger charge is 2.25. The molecule has 2 N–H and O–H groups in total. The number of fused-ring (bicyclic) bond motifs is 2. The lowest BCUT2D eigenvalue weighted by Crippen LogP contribution is -2.30. The summed E-state index contributed by atoms with van der Waals surface area (Å²) in [6.07, 6.45) is 7.55. The maximum Gasteiger partial charge on any atom is 0.407 e. The van der Waals surface area contributed by atoms with Crippen molar-refractivity contribution >= 4 is 40.1 Å². The average molecular weight is 487 g/mol. The molecule has 10 nitrogen and oxygen atoms in total. The monoisotopic (exact) mass is 486 g/mol. The molecule has 35 heavy (non-hydrogen) atoms. The summed E-state index contributed by atoms with van der Waals surface area (Å²) in [7, 11) is 1.90. The van der Waals surface area contributed by atoms with Crippen LogP contribution in [0.15, 0.2) is 71.2 Å². The van der Waals surface area contributed by atoms with Crippen molar-refractivity contribution in [2.75, 3.05) is 18.4 Å². The molecular formula is C24H22N8O2S. The number of hydrogen-bond donors (Lipinski definition) is 2. The Morgan fingerprint density at radius 1 is 1.11 bits per heavy atom. The van der Waals surface area contributed by atoms with Gasteiger partial charge >= 0.3 is 6.09 Å². The number of carboxylic acid groups (broad SMARTS) is 1. The predicted molar refractivity (Wildman–Crippen MR) is 133 cm³/mol. The minimum Gasteiger partial charge on any atom is -0.465 e. The third-order valence-corrected chi connectivity index (χ3v) is 7.05. The molecule has 0 bridgehead atoms. The second-order valence-electron chi connectivity index (χ2n) is 8.57. The first-order valence-corrected chi connectivity index (χ1v) is 12.0. The molecule has 0 radical (unpaired) electrons. The zero-order chi connectivity index (χ0) is 23.9. The Bertz CT molecular complexity index is 1560. The third kappa shape index (κ3) is 4.26. The predicted octanol–water partition coefficient (Wildman–Crippen LogP) is 3.99. The molecule has 1 amide bonds. The lowest BCUT2D eigenvalue weighted by Gasteiger charge is -2.15. The van der Waals surface area contributed by atoms with Crippen LogP contribution < -0.4 is 5.32 Å². The van der Waals surface area contributed by atoms with Crippen LogP contribution in [0.3, 0.4) is 0 Å². The Labute approximate surface area is 204 Å². The van der Waals surface area contributed by atoms with Gasteiger partial charge in [0.1, 0.15) is 0 Å². The second-order valence-corrected chi connectivity index (χ2v) is 9.61. The normalized spacial score (nSPS) is 15.8. The summed E-state index contributed by atoms with van der Waals surface area (Å²) in [6, 6.07) is 12.2. The summed E-state index contributed by atoms with van der Waals surface area (Å²) in [5.41, 5.74) is 4.62. The SMILES string of the molecule is Cn1cc(-c2ccc3nnc(Sc4ccc5ncc(NC6CCN(C(=O)O)C6)cc5c4)n3c2)cn1. The van der Waals surface area contributed by atoms with Crippen molar-refractivity contribution in [3.63, 3.8) is 0 Å². The van der Waals surface area contributed by atoms with Crippen molar-refractivity contribution in [2.24, 2.45) is 7.05 Å². The number of rotatable bonds is 5. The molecule has 5 aromatic rings. The summed E-state index contributed by atoms with van der Waals surface area (Å²) in [5, 5.41) is 27.3. The number of carbonyl (C=O) groups is 1. The molecule has 176 valence electrons. The van der Waals surface area contributed by atoms with E-state index < -0.39 is 6.09 Å². The number of nitrogens with one attached hydrogen (secondary N) is 1. The van der Waals surface area contributed by atoms with E-state index >= 15 is 0 Å². The van der Waals surface area contributed by atoms with Crippen molar-refractivity contribution in [1.82, 2.24) is 34.3 Å². The van der Waals surface area contributed by atoms with E-state index in [2.05, 4.69) is 37.7 Å². The van der Waals surface area contributed by atoms with Gasteiger partial charge < -0.3 is 15.3 Å². The zero-order valence-corrected chi connectivity index (χ0v) is 19.7. The highest BCUT2D eigenvalue weighted by molar-refractivity contribution is 7.99. The topological polar surface area (TPSA) is 113 Å². The maximum atomic E-state index is 11.2. The molecule has 1 unspecified atom stereocenters. The third-order valence-electron chi connectivity index (χ3n) is 6.10. The van der Waals surface area contributed by atoms with Crippen molar-refractivity contribution in [3.8, 4) is 11.1 Å². The first-order chi connectivity index (χ1) is 17.0. The van der Waals surface area contributed by atoms with Gasteiger partial charge in [-0.05, 0) is 54.6 Å². The number of aryl methyl sites for hydroxylation is 1. The van der Waals surface area contributed by atoms with Gasteiger partial charge in [-0.15, -0.1) is 10.2 Å². The largest absolute Gasteiger partial charge is 0.465 e. The Morgan fingerprint density at radius 3 is 2.83 bits per heavy atom. The number of anilines is 1. The minimum absolute atomic E-state index is 0.0827. The van der Waals surface area contributed by atoms with Gasteiger partial charge in [0.15, 0.2) is 10.8 Å². The van der Waals surface area contributed by atoms with Crippen molar-refractivity contribution < 1.29 is 9.90 Å². The van der Waals surface area contributed by atoms with E-state index in [-0.39, 0.29) is 6.04 Å². The summed E-state index contributed by atoms with van der Waals surface area (Å²) < 4.78 is 3.77. The van der Waals surface area contributed by atoms with Crippen LogP contribution in [0.4, 0.5) is 10.5 Å². The van der Waals surface area contributed by atoms with E-state index in [0.717, 1.165) is 49.8 Å². The number of likely N-dealkylation sites (tertiary alicyclic amines) is 1. The molecule has 11 heteroatoms. The van der Waals surface area contributed by atoms with E-state index in [0.29, 0.717) is 13.1 Å². The Morgan fingerprint density at radius 2 is 2.03 bits per heavy atom. The van der Waals surface area contributed by atoms with Gasteiger partial charge in [-0.1, -0.05) is 0 Å². The van der Waals surface area contributed by atoms with E-state index in [1.54, 1.807) is 10.9 Å². The van der Waals surface area contributed by atoms with Crippen molar-refractivity contribution in [2.45, 2.75) is 22.5 Å². The number of aromatic nitrogens is 6. The quantitative estimate of drug-likeness (QED) is 0.383. The Hall–Kier alpha value is -4.12. The summed E-state index contributed by atoms with van der Waals surface area (Å²) in [4.78, 5) is 18.2. The average Bonchev–Trinajstić information content (AvgIpc) is 3.59. The van der Waals surface area contributed by atoms with Crippen LogP contribution in [0.25, 0.3) is 27.7 Å². The highest BCUT2D eigenvalue weighted by Crippen LogP contribution is 2.31. The molecule has 1 aliphatic rings. The fourth-order valence-corrected chi connectivity index (χ4v) is 5.18. The standard InChI is InChI=1S/C24H22N8O2S/c1-30-12-17(10-26-30)15-2-5-22-28-29-23(32(22)13-15)35-20-3-4-21-16(9-20)8-19(11-25-21)27-18-6-7-31(14-18)24(33)34/h2-5,8-13,18,27H,6-7,14H2,1H3,(H,33,34). The van der Waals surface area contributed by atoms with Crippen LogP contribution in [0.1, 0.15) is 6.42 Å². The van der Waals surface area contributed by atoms with Gasteiger partial charge in [-0.25, -0.2) is 4.79 Å². The molecule has 5 heterocycles. The maximum absolute atomic E-state index is 11.2. The van der Waals surface area contributed by atoms with Gasteiger partial charge in [0.25, 0.3) is 0 Å². The number of hydrogen-bond acceptors (Lipinski definition) is 7. The summed E-state index contributed by atoms with van der Waals surface area (Å²) in [5.74, 6) is 0. The molecule has 6 rings (SSSR count). The van der Waals surface area contributed by atoms with Crippen LogP contribution >= 0.6 is 11.8 Å². The first kappa shape index (κ1) is 21.4. The number of benzene rings is 1. The van der Waals surface area contributed by atoms with E-state index in [1.165, 1.54) is 16.7 Å². The molecule has 1 aromatic carbocycles. The highest BCUT2D eigenvalue weighted by atomic mass is 32.2. The zero-order valence-electron chi connectivity index (χ0n) is 18.9. The van der Waals surface area contributed by atoms with Crippen LogP contribution in [0, 0.1) is 0 Å². The van der Waals surface area contributed by atoms with Crippen molar-refractivity contribution in [1.29, 1.82) is 0 Å². The Balaban J connectivity index is 1.25. The molecule has 1 fully saturated rings. The van der Waals surface area contributed by atoms with Crippen LogP contribution in [-0.4, -0.2) is 64.6 Å². The fraction of sp³-hybridized carbons (Fsp3) is 0.208. The lowest BCUT2D eigenvalue weighted by molar-refractivity contribution is 0.155. The van der Waals surface area contributed by atoms with Crippen LogP contribution in [0.2, 0.25) is 0 Å². The van der Waals surface area contributed by atoms with E-state index in [1.807, 2.05) is 54.3 Å². The first-order valence-electron chi connectivity index (χ1n) is 11.2. The molecule has 0 aliphatic carbocycles. The van der Waals surface area contributed by atoms with Gasteiger partial charge in [-0.3, -0.25) is 14.1 Å². The van der Waals surface area contributed by atoms with Crippen molar-refractivity contribution in [3.05, 3.63) is 61.2 Å². The van der Waals surface area contributed by atoms with Gasteiger partial charge in [0.2, 0.25) is 0 Å². The number of nitrogens with zero attached hydrogens (tertiary/aromatic N) is 7. The number of amides is 1. The molecule has 0 saturated carbocycles. The number of pyridine rings is 2. The second kappa shape index (κ2) is 8.58. The smallest absolute Gasteiger partial charge is 0.407 e. The van der Waals surface area contributed by atoms with E-state index in [4.69, 9.17) is 0 Å². The molecule has 1 atom stereocenters. The summed E-state index contributed by atoms with van der Waals surface area (Å²) in [6.45, 7) is 1.02. The lowest BCUT2D eigenvalue weighted by atomic mass is 10.2.